The number of hydrogen-bond acceptors (Lipinski definition) is 11. The number of nitrogens with one attached hydrogen (secondary N) is 1. The van der Waals surface area contributed by atoms with E-state index in [1.807, 2.05) is 44.2 Å². The maximum Gasteiger partial charge on any atom is 0.407 e. The summed E-state index contributed by atoms with van der Waals surface area (Å²) in [6.07, 6.45) is -5.38. The van der Waals surface area contributed by atoms with Crippen molar-refractivity contribution in [2.75, 3.05) is 32.0 Å². The monoisotopic (exact) mass is 608 g/mol. The molecular weight excluding hydrogens is 572 g/mol. The molecule has 2 aromatic rings. The maximum absolute atomic E-state index is 13.5. The lowest BCUT2D eigenvalue weighted by Crippen LogP contribution is -2.52. The molecule has 2 saturated heterocycles. The number of sulfonamides is 1. The van der Waals surface area contributed by atoms with Crippen LogP contribution in [0.4, 0.5) is 10.5 Å². The summed E-state index contributed by atoms with van der Waals surface area (Å²) in [6.45, 7) is 3.38. The van der Waals surface area contributed by atoms with E-state index >= 15 is 0 Å². The van der Waals surface area contributed by atoms with E-state index < -0.39 is 57.8 Å². The van der Waals surface area contributed by atoms with Gasteiger partial charge >= 0.3 is 6.09 Å². The van der Waals surface area contributed by atoms with E-state index in [4.69, 9.17) is 19.9 Å². The molecule has 4 N–H and O–H groups in total. The fraction of sp³-hybridized carbons (Fsp3) is 0.519. The molecule has 2 fully saturated rings. The highest BCUT2D eigenvalue weighted by Crippen LogP contribution is 2.30. The summed E-state index contributed by atoms with van der Waals surface area (Å²) in [5.41, 5.74) is 6.94. The van der Waals surface area contributed by atoms with Crippen molar-refractivity contribution >= 4 is 21.8 Å². The number of fused-ring (bicyclic) bond motifs is 1. The Bertz CT molecular complexity index is 1310. The Morgan fingerprint density at radius 2 is 1.71 bits per heavy atom. The molecule has 0 radical (unpaired) electrons. The topological polar surface area (TPSA) is 193 Å². The van der Waals surface area contributed by atoms with Crippen LogP contribution < -0.4 is 11.1 Å². The molecule has 14 nitrogen and oxygen atoms in total. The Morgan fingerprint density at radius 3 is 2.33 bits per heavy atom. The molecule has 2 aliphatic rings. The van der Waals surface area contributed by atoms with Gasteiger partial charge in [-0.15, -0.1) is 10.1 Å². The second-order valence-electron chi connectivity index (χ2n) is 10.7. The summed E-state index contributed by atoms with van der Waals surface area (Å²) < 4.78 is 44.9. The van der Waals surface area contributed by atoms with Crippen molar-refractivity contribution in [1.29, 1.82) is 0 Å². The lowest BCUT2D eigenvalue weighted by atomic mass is 10.0. The van der Waals surface area contributed by atoms with Gasteiger partial charge < -0.3 is 35.2 Å². The van der Waals surface area contributed by atoms with Gasteiger partial charge in [0.1, 0.15) is 12.2 Å². The third-order valence-corrected chi connectivity index (χ3v) is 8.83. The maximum atomic E-state index is 13.5. The van der Waals surface area contributed by atoms with Crippen LogP contribution in [0, 0.1) is 16.0 Å². The molecular formula is C27H36N4O10S. The Balaban J connectivity index is 1.48. The van der Waals surface area contributed by atoms with Crippen LogP contribution in [0.25, 0.3) is 0 Å². The molecule has 0 unspecified atom stereocenters. The zero-order chi connectivity index (χ0) is 30.4. The second-order valence-corrected chi connectivity index (χ2v) is 12.6. The van der Waals surface area contributed by atoms with Crippen LogP contribution in [0.15, 0.2) is 59.5 Å². The Labute approximate surface area is 243 Å². The molecule has 1 amide bonds. The smallest absolute Gasteiger partial charge is 0.407 e. The number of nitrogens with two attached hydrogens (primary N) is 1. The molecule has 230 valence electrons. The molecule has 0 bridgehead atoms. The fourth-order valence-corrected chi connectivity index (χ4v) is 6.63. The molecule has 6 atom stereocenters. The van der Waals surface area contributed by atoms with Crippen molar-refractivity contribution in [1.82, 2.24) is 9.62 Å². The highest BCUT2D eigenvalue weighted by molar-refractivity contribution is 7.89. The first-order chi connectivity index (χ1) is 19.9. The van der Waals surface area contributed by atoms with E-state index in [9.17, 15) is 28.4 Å². The number of ether oxygens (including phenoxy) is 3. The van der Waals surface area contributed by atoms with Crippen molar-refractivity contribution in [3.05, 3.63) is 70.3 Å². The number of aliphatic hydroxyl groups excluding tert-OH is 1. The van der Waals surface area contributed by atoms with Crippen LogP contribution in [-0.4, -0.2) is 91.9 Å². The van der Waals surface area contributed by atoms with Gasteiger partial charge in [-0.1, -0.05) is 44.2 Å². The Kier molecular flexibility index (Phi) is 10.2. The van der Waals surface area contributed by atoms with Crippen LogP contribution in [0.1, 0.15) is 19.4 Å². The van der Waals surface area contributed by atoms with Crippen molar-refractivity contribution < 1.29 is 42.5 Å². The molecule has 4 rings (SSSR count). The first kappa shape index (κ1) is 31.4. The molecule has 2 aromatic carbocycles. The van der Waals surface area contributed by atoms with Gasteiger partial charge in [-0.3, -0.25) is 0 Å². The number of aliphatic hydroxyl groups is 1. The van der Waals surface area contributed by atoms with Crippen molar-refractivity contribution in [2.24, 2.45) is 5.92 Å². The van der Waals surface area contributed by atoms with Crippen LogP contribution in [0.3, 0.4) is 0 Å². The third-order valence-electron chi connectivity index (χ3n) is 6.99. The largest absolute Gasteiger partial charge is 0.441 e. The number of rotatable bonds is 13. The number of nitrogens with zero attached hydrogens (tertiary/aromatic N) is 2. The molecule has 15 heteroatoms. The highest BCUT2D eigenvalue weighted by Gasteiger charge is 2.51. The van der Waals surface area contributed by atoms with E-state index in [1.165, 1.54) is 28.6 Å². The zero-order valence-corrected chi connectivity index (χ0v) is 24.1. The normalized spacial score (nSPS) is 23.4. The van der Waals surface area contributed by atoms with Crippen LogP contribution in [-0.2, 0) is 35.5 Å². The molecule has 2 aliphatic heterocycles. The molecule has 0 spiro atoms. The van der Waals surface area contributed by atoms with Crippen LogP contribution >= 0.6 is 0 Å². The number of carbonyl (C=O) groups is 1. The SMILES string of the molecule is CC(C)CN(C[C@@H](O)[C@H](Cc1ccccc1)NC(=O)O[C@H]1CO[C@H]2[C@@H]1OC[C@H]2O[N+](=O)[O-])S(=O)(=O)c1ccc(N)cc1. The minimum atomic E-state index is -4.00. The van der Waals surface area contributed by atoms with Gasteiger partial charge in [0, 0.05) is 18.8 Å². The van der Waals surface area contributed by atoms with E-state index in [0.29, 0.717) is 5.69 Å². The lowest BCUT2D eigenvalue weighted by molar-refractivity contribution is -0.769. The van der Waals surface area contributed by atoms with Gasteiger partial charge in [0.25, 0.3) is 5.09 Å². The molecule has 0 aliphatic carbocycles. The van der Waals surface area contributed by atoms with E-state index in [1.54, 1.807) is 0 Å². The number of hydrogen-bond donors (Lipinski definition) is 3. The van der Waals surface area contributed by atoms with E-state index in [0.717, 1.165) is 5.56 Å². The van der Waals surface area contributed by atoms with Gasteiger partial charge in [0.05, 0.1) is 30.3 Å². The number of anilines is 1. The summed E-state index contributed by atoms with van der Waals surface area (Å²) in [7, 11) is -4.00. The summed E-state index contributed by atoms with van der Waals surface area (Å²) in [5, 5.41) is 23.8. The summed E-state index contributed by atoms with van der Waals surface area (Å²) in [4.78, 5) is 28.4. The number of amides is 1. The van der Waals surface area contributed by atoms with Crippen molar-refractivity contribution in [3.63, 3.8) is 0 Å². The zero-order valence-electron chi connectivity index (χ0n) is 23.3. The molecule has 42 heavy (non-hydrogen) atoms. The predicted molar refractivity (Wildman–Crippen MR) is 149 cm³/mol. The molecule has 0 aromatic heterocycles. The first-order valence-electron chi connectivity index (χ1n) is 13.5. The van der Waals surface area contributed by atoms with E-state index in [2.05, 4.69) is 10.2 Å². The average Bonchev–Trinajstić information content (AvgIpc) is 3.51. The molecule has 2 heterocycles. The van der Waals surface area contributed by atoms with Gasteiger partial charge in [0.15, 0.2) is 12.2 Å². The first-order valence-corrected chi connectivity index (χ1v) is 15.0. The number of nitrogen functional groups attached to an aromatic ring is 1. The van der Waals surface area contributed by atoms with Crippen molar-refractivity contribution in [3.8, 4) is 0 Å². The summed E-state index contributed by atoms with van der Waals surface area (Å²) in [5.74, 6) is -0.0592. The quantitative estimate of drug-likeness (QED) is 0.169. The summed E-state index contributed by atoms with van der Waals surface area (Å²) >= 11 is 0. The van der Waals surface area contributed by atoms with Gasteiger partial charge in [-0.25, -0.2) is 13.2 Å². The lowest BCUT2D eigenvalue weighted by Gasteiger charge is -2.31. The summed E-state index contributed by atoms with van der Waals surface area (Å²) in [6, 6.07) is 13.9. The van der Waals surface area contributed by atoms with E-state index in [-0.39, 0.29) is 43.5 Å². The second kappa shape index (κ2) is 13.6. The average molecular weight is 609 g/mol. The molecule has 0 saturated carbocycles. The Hall–Kier alpha value is -3.50. The van der Waals surface area contributed by atoms with Crippen LogP contribution in [0.2, 0.25) is 0 Å². The van der Waals surface area contributed by atoms with Crippen LogP contribution in [0.5, 0.6) is 0 Å². The predicted octanol–water partition coefficient (Wildman–Crippen LogP) is 1.36. The fourth-order valence-electron chi connectivity index (χ4n) is 5.01. The van der Waals surface area contributed by atoms with Gasteiger partial charge in [0.2, 0.25) is 10.0 Å². The number of alkyl carbamates (subject to hydrolysis) is 1. The number of carbonyl (C=O) groups excluding carboxylic acids is 1. The van der Waals surface area contributed by atoms with Gasteiger partial charge in [-0.2, -0.15) is 4.31 Å². The highest BCUT2D eigenvalue weighted by atomic mass is 32.2. The Morgan fingerprint density at radius 1 is 1.10 bits per heavy atom. The van der Waals surface area contributed by atoms with Gasteiger partial charge in [-0.05, 0) is 42.2 Å². The minimum Gasteiger partial charge on any atom is -0.441 e. The standard InChI is InChI=1S/C27H36N4O10S/c1-17(2)13-30(42(36,37)20-10-8-19(28)9-11-20)14-22(32)21(12-18-6-4-3-5-7-18)29-27(33)40-23-15-38-26-24(41-31(34)35)16-39-25(23)26/h3-11,17,21-26,32H,12-16,28H2,1-2H3,(H,29,33)/t21-,22+,23-,24+,25+,26+/m0/s1. The number of benzene rings is 2. The third kappa shape index (κ3) is 7.86. The minimum absolute atomic E-state index is 0.0308. The van der Waals surface area contributed by atoms with Crippen molar-refractivity contribution in [2.45, 2.75) is 61.7 Å².